The Balaban J connectivity index is 1.62. The summed E-state index contributed by atoms with van der Waals surface area (Å²) in [7, 11) is 1.92. The normalized spacial score (nSPS) is 12.9. The van der Waals surface area contributed by atoms with E-state index in [-0.39, 0.29) is 0 Å². The zero-order valence-electron chi connectivity index (χ0n) is 12.3. The molecule has 0 saturated heterocycles. The number of para-hydroxylation sites is 2. The van der Waals surface area contributed by atoms with E-state index in [0.717, 1.165) is 35.5 Å². The lowest BCUT2D eigenvalue weighted by Gasteiger charge is -2.04. The van der Waals surface area contributed by atoms with E-state index < -0.39 is 0 Å². The highest BCUT2D eigenvalue weighted by molar-refractivity contribution is 5.74. The van der Waals surface area contributed by atoms with Crippen molar-refractivity contribution in [2.75, 3.05) is 7.05 Å². The van der Waals surface area contributed by atoms with E-state index in [1.165, 1.54) is 0 Å². The number of aromatic nitrogens is 4. The third kappa shape index (κ3) is 3.28. The Bertz CT molecular complexity index is 685. The first-order valence-corrected chi connectivity index (χ1v) is 7.17. The molecule has 0 aliphatic carbocycles. The minimum Gasteiger partial charge on any atom is -0.342 e. The Morgan fingerprint density at radius 2 is 2.10 bits per heavy atom. The van der Waals surface area contributed by atoms with Gasteiger partial charge in [0.15, 0.2) is 5.82 Å². The van der Waals surface area contributed by atoms with Crippen LogP contribution in [0.15, 0.2) is 28.8 Å². The minimum absolute atomic E-state index is 0.339. The molecule has 0 spiro atoms. The van der Waals surface area contributed by atoms with Crippen LogP contribution in [0.5, 0.6) is 0 Å². The summed E-state index contributed by atoms with van der Waals surface area (Å²) in [5, 5.41) is 7.16. The Kier molecular flexibility index (Phi) is 3.96. The first-order chi connectivity index (χ1) is 10.2. The number of benzene rings is 1. The van der Waals surface area contributed by atoms with E-state index in [1.54, 1.807) is 0 Å². The summed E-state index contributed by atoms with van der Waals surface area (Å²) in [5.41, 5.74) is 2.04. The molecular weight excluding hydrogens is 266 g/mol. The molecule has 0 aliphatic heterocycles. The summed E-state index contributed by atoms with van der Waals surface area (Å²) in [6, 6.07) is 8.35. The second-order valence-corrected chi connectivity index (χ2v) is 5.20. The van der Waals surface area contributed by atoms with Crippen LogP contribution >= 0.6 is 0 Å². The van der Waals surface area contributed by atoms with Gasteiger partial charge >= 0.3 is 0 Å². The maximum absolute atomic E-state index is 5.28. The van der Waals surface area contributed by atoms with Gasteiger partial charge in [-0.05, 0) is 26.1 Å². The lowest BCUT2D eigenvalue weighted by Crippen LogP contribution is -2.24. The summed E-state index contributed by atoms with van der Waals surface area (Å²) < 4.78 is 5.28. The molecule has 110 valence electrons. The van der Waals surface area contributed by atoms with Crippen molar-refractivity contribution in [2.45, 2.75) is 32.2 Å². The predicted molar refractivity (Wildman–Crippen MR) is 80.0 cm³/mol. The number of aryl methyl sites for hydroxylation is 2. The van der Waals surface area contributed by atoms with Crippen LogP contribution in [0.2, 0.25) is 0 Å². The SMILES string of the molecule is CNC(C)Cc1noc(CCc2nc3ccccc3[nH]2)n1. The van der Waals surface area contributed by atoms with E-state index >= 15 is 0 Å². The van der Waals surface area contributed by atoms with E-state index in [9.17, 15) is 0 Å². The maximum Gasteiger partial charge on any atom is 0.227 e. The highest BCUT2D eigenvalue weighted by Gasteiger charge is 2.10. The van der Waals surface area contributed by atoms with Gasteiger partial charge in [0.2, 0.25) is 5.89 Å². The zero-order valence-corrected chi connectivity index (χ0v) is 12.3. The zero-order chi connectivity index (χ0) is 14.7. The number of nitrogens with one attached hydrogen (secondary N) is 2. The molecule has 2 N–H and O–H groups in total. The van der Waals surface area contributed by atoms with Crippen LogP contribution in [0.4, 0.5) is 0 Å². The van der Waals surface area contributed by atoms with Crippen molar-refractivity contribution in [3.05, 3.63) is 41.8 Å². The fraction of sp³-hybridized carbons (Fsp3) is 0.400. The largest absolute Gasteiger partial charge is 0.342 e. The molecule has 0 amide bonds. The molecule has 0 saturated carbocycles. The van der Waals surface area contributed by atoms with Crippen LogP contribution < -0.4 is 5.32 Å². The van der Waals surface area contributed by atoms with Crippen LogP contribution in [-0.4, -0.2) is 33.2 Å². The Hall–Kier alpha value is -2.21. The van der Waals surface area contributed by atoms with Crippen LogP contribution in [0.1, 0.15) is 24.5 Å². The standard InChI is InChI=1S/C15H19N5O/c1-10(16-2)9-14-19-15(21-20-14)8-7-13-17-11-5-3-4-6-12(11)18-13/h3-6,10,16H,7-9H2,1-2H3,(H,17,18). The maximum atomic E-state index is 5.28. The van der Waals surface area contributed by atoms with Gasteiger partial charge in [0.1, 0.15) is 5.82 Å². The number of hydrogen-bond donors (Lipinski definition) is 2. The van der Waals surface area contributed by atoms with Crippen LogP contribution in [0.3, 0.4) is 0 Å². The minimum atomic E-state index is 0.339. The predicted octanol–water partition coefficient (Wildman–Crippen LogP) is 1.88. The molecule has 1 aromatic carbocycles. The van der Waals surface area contributed by atoms with Gasteiger partial charge < -0.3 is 14.8 Å². The molecule has 0 aliphatic rings. The van der Waals surface area contributed by atoms with Crippen molar-refractivity contribution in [1.29, 1.82) is 0 Å². The monoisotopic (exact) mass is 285 g/mol. The van der Waals surface area contributed by atoms with E-state index in [4.69, 9.17) is 4.52 Å². The molecule has 1 atom stereocenters. The first kappa shape index (κ1) is 13.8. The van der Waals surface area contributed by atoms with E-state index in [1.807, 2.05) is 31.3 Å². The van der Waals surface area contributed by atoms with Crippen molar-refractivity contribution in [1.82, 2.24) is 25.4 Å². The van der Waals surface area contributed by atoms with Crippen LogP contribution in [-0.2, 0) is 19.3 Å². The van der Waals surface area contributed by atoms with Crippen molar-refractivity contribution in [2.24, 2.45) is 0 Å². The molecule has 1 unspecified atom stereocenters. The van der Waals surface area contributed by atoms with Crippen molar-refractivity contribution in [3.8, 4) is 0 Å². The number of H-pyrrole nitrogens is 1. The molecule has 6 nitrogen and oxygen atoms in total. The van der Waals surface area contributed by atoms with Gasteiger partial charge in [-0.2, -0.15) is 4.98 Å². The Labute approximate surface area is 123 Å². The third-order valence-corrected chi connectivity index (χ3v) is 3.51. The molecule has 6 heteroatoms. The summed E-state index contributed by atoms with van der Waals surface area (Å²) in [6.45, 7) is 2.09. The number of rotatable bonds is 6. The second-order valence-electron chi connectivity index (χ2n) is 5.20. The molecule has 2 heterocycles. The fourth-order valence-electron chi connectivity index (χ4n) is 2.20. The van der Waals surface area contributed by atoms with Gasteiger partial charge in [-0.3, -0.25) is 0 Å². The molecule has 3 rings (SSSR count). The van der Waals surface area contributed by atoms with Crippen LogP contribution in [0, 0.1) is 0 Å². The molecule has 0 radical (unpaired) electrons. The Morgan fingerprint density at radius 1 is 1.24 bits per heavy atom. The fourth-order valence-corrected chi connectivity index (χ4v) is 2.20. The smallest absolute Gasteiger partial charge is 0.227 e. The number of likely N-dealkylation sites (N-methyl/N-ethyl adjacent to an activating group) is 1. The molecule has 2 aromatic heterocycles. The van der Waals surface area contributed by atoms with E-state index in [2.05, 4.69) is 32.3 Å². The van der Waals surface area contributed by atoms with E-state index in [0.29, 0.717) is 18.4 Å². The summed E-state index contributed by atoms with van der Waals surface area (Å²) in [6.07, 6.45) is 2.23. The Morgan fingerprint density at radius 3 is 2.90 bits per heavy atom. The number of aromatic amines is 1. The van der Waals surface area contributed by atoms with Gasteiger partial charge in [-0.1, -0.05) is 17.3 Å². The molecule has 21 heavy (non-hydrogen) atoms. The summed E-state index contributed by atoms with van der Waals surface area (Å²) in [4.78, 5) is 12.3. The van der Waals surface area contributed by atoms with Gasteiger partial charge in [0.05, 0.1) is 11.0 Å². The lowest BCUT2D eigenvalue weighted by molar-refractivity contribution is 0.370. The number of hydrogen-bond acceptors (Lipinski definition) is 5. The van der Waals surface area contributed by atoms with Crippen molar-refractivity contribution < 1.29 is 4.52 Å². The van der Waals surface area contributed by atoms with Gasteiger partial charge in [-0.15, -0.1) is 0 Å². The summed E-state index contributed by atoms with van der Waals surface area (Å²) >= 11 is 0. The van der Waals surface area contributed by atoms with Crippen LogP contribution in [0.25, 0.3) is 11.0 Å². The lowest BCUT2D eigenvalue weighted by atomic mass is 10.2. The second kappa shape index (κ2) is 6.05. The van der Waals surface area contributed by atoms with Crippen molar-refractivity contribution >= 4 is 11.0 Å². The highest BCUT2D eigenvalue weighted by atomic mass is 16.5. The molecular formula is C15H19N5O. The molecule has 3 aromatic rings. The molecule has 0 bridgehead atoms. The van der Waals surface area contributed by atoms with Gasteiger partial charge in [0.25, 0.3) is 0 Å². The third-order valence-electron chi connectivity index (χ3n) is 3.51. The quantitative estimate of drug-likeness (QED) is 0.723. The topological polar surface area (TPSA) is 79.6 Å². The van der Waals surface area contributed by atoms with Gasteiger partial charge in [0, 0.05) is 25.3 Å². The van der Waals surface area contributed by atoms with Gasteiger partial charge in [-0.25, -0.2) is 4.98 Å². The highest BCUT2D eigenvalue weighted by Crippen LogP contribution is 2.12. The average Bonchev–Trinajstić information content (AvgIpc) is 3.10. The molecule has 0 fully saturated rings. The average molecular weight is 285 g/mol. The van der Waals surface area contributed by atoms with Crippen molar-refractivity contribution in [3.63, 3.8) is 0 Å². The summed E-state index contributed by atoms with van der Waals surface area (Å²) in [5.74, 6) is 2.35. The number of nitrogens with zero attached hydrogens (tertiary/aromatic N) is 3. The first-order valence-electron chi connectivity index (χ1n) is 7.17. The number of fused-ring (bicyclic) bond motifs is 1. The number of imidazole rings is 1.